The Morgan fingerprint density at radius 3 is 2.52 bits per heavy atom. The maximum absolute atomic E-state index is 4.26. The second-order valence-electron chi connectivity index (χ2n) is 12.0. The van der Waals surface area contributed by atoms with Crippen molar-refractivity contribution in [3.8, 4) is 0 Å². The first-order valence-electron chi connectivity index (χ1n) is 14.6. The van der Waals surface area contributed by atoms with E-state index >= 15 is 0 Å². The molecule has 0 aromatic heterocycles. The maximum atomic E-state index is 4.26. The molecule has 1 saturated carbocycles. The lowest BCUT2D eigenvalue weighted by Gasteiger charge is -2.26. The standard InChI is InChI=1S/C33H56/c1-7-12-33(26(3)4)25-31-16-11-15-30(21-22-31)24-32-19-17-29(18-20-32)14-10-9-13-28(6)23-27(5)8-2/h8,17-19,26-27,30-33H,2,6-7,9-16,20-25H2,1,3-5H3. The normalized spacial score (nSPS) is 25.4. The van der Waals surface area contributed by atoms with Gasteiger partial charge in [-0.2, -0.15) is 0 Å². The summed E-state index contributed by atoms with van der Waals surface area (Å²) in [5, 5.41) is 0. The molecule has 0 bridgehead atoms. The third-order valence-corrected chi connectivity index (χ3v) is 8.61. The second-order valence-corrected chi connectivity index (χ2v) is 12.0. The molecule has 0 spiro atoms. The molecular formula is C33H56. The van der Waals surface area contributed by atoms with Crippen molar-refractivity contribution >= 4 is 0 Å². The summed E-state index contributed by atoms with van der Waals surface area (Å²) in [6.45, 7) is 17.6. The summed E-state index contributed by atoms with van der Waals surface area (Å²) in [6, 6.07) is 0. The first-order chi connectivity index (χ1) is 15.9. The van der Waals surface area contributed by atoms with Crippen molar-refractivity contribution in [1.82, 2.24) is 0 Å². The molecule has 0 saturated heterocycles. The highest BCUT2D eigenvalue weighted by Crippen LogP contribution is 2.37. The smallest absolute Gasteiger partial charge is 0.0193 e. The van der Waals surface area contributed by atoms with Crippen LogP contribution in [0.15, 0.2) is 48.6 Å². The van der Waals surface area contributed by atoms with Crippen molar-refractivity contribution in [1.29, 1.82) is 0 Å². The molecule has 0 aliphatic heterocycles. The van der Waals surface area contributed by atoms with Crippen molar-refractivity contribution in [2.45, 2.75) is 124 Å². The zero-order valence-corrected chi connectivity index (χ0v) is 22.8. The molecule has 0 heterocycles. The Kier molecular flexibility index (Phi) is 13.5. The van der Waals surface area contributed by atoms with E-state index in [1.165, 1.54) is 95.5 Å². The fraction of sp³-hybridized carbons (Fsp3) is 0.758. The summed E-state index contributed by atoms with van der Waals surface area (Å²) in [7, 11) is 0. The number of allylic oxidation sites excluding steroid dienone is 6. The van der Waals surface area contributed by atoms with Gasteiger partial charge in [-0.05, 0) is 86.9 Å². The van der Waals surface area contributed by atoms with Crippen LogP contribution in [0.4, 0.5) is 0 Å². The molecule has 2 aliphatic rings. The summed E-state index contributed by atoms with van der Waals surface area (Å²) in [6.07, 6.45) is 30.1. The van der Waals surface area contributed by atoms with Crippen molar-refractivity contribution in [2.24, 2.45) is 35.5 Å². The maximum Gasteiger partial charge on any atom is -0.0193 e. The molecule has 2 aliphatic carbocycles. The van der Waals surface area contributed by atoms with Gasteiger partial charge in [-0.25, -0.2) is 0 Å². The van der Waals surface area contributed by atoms with Crippen LogP contribution in [0.2, 0.25) is 0 Å². The van der Waals surface area contributed by atoms with Crippen molar-refractivity contribution in [2.75, 3.05) is 0 Å². The first kappa shape index (κ1) is 28.2. The highest BCUT2D eigenvalue weighted by molar-refractivity contribution is 5.23. The van der Waals surface area contributed by atoms with E-state index in [4.69, 9.17) is 0 Å². The number of rotatable bonds is 15. The molecule has 33 heavy (non-hydrogen) atoms. The largest absolute Gasteiger partial charge is 0.103 e. The Morgan fingerprint density at radius 1 is 1.09 bits per heavy atom. The van der Waals surface area contributed by atoms with Crippen LogP contribution in [0.3, 0.4) is 0 Å². The van der Waals surface area contributed by atoms with Gasteiger partial charge in [-0.3, -0.25) is 0 Å². The van der Waals surface area contributed by atoms with Gasteiger partial charge in [0.25, 0.3) is 0 Å². The van der Waals surface area contributed by atoms with Crippen LogP contribution in [0.1, 0.15) is 124 Å². The molecule has 0 aromatic carbocycles. The zero-order valence-electron chi connectivity index (χ0n) is 22.8. The molecular weight excluding hydrogens is 396 g/mol. The molecule has 188 valence electrons. The van der Waals surface area contributed by atoms with E-state index in [0.29, 0.717) is 5.92 Å². The van der Waals surface area contributed by atoms with Crippen LogP contribution in [-0.2, 0) is 0 Å². The number of hydrogen-bond donors (Lipinski definition) is 0. The quantitative estimate of drug-likeness (QED) is 0.132. The van der Waals surface area contributed by atoms with E-state index in [9.17, 15) is 0 Å². The van der Waals surface area contributed by atoms with Crippen LogP contribution in [-0.4, -0.2) is 0 Å². The van der Waals surface area contributed by atoms with Gasteiger partial charge in [0, 0.05) is 0 Å². The Labute approximate surface area is 208 Å². The van der Waals surface area contributed by atoms with Crippen molar-refractivity contribution < 1.29 is 0 Å². The van der Waals surface area contributed by atoms with Gasteiger partial charge in [0.15, 0.2) is 0 Å². The van der Waals surface area contributed by atoms with Gasteiger partial charge < -0.3 is 0 Å². The molecule has 0 nitrogen and oxygen atoms in total. The topological polar surface area (TPSA) is 0 Å². The Bertz CT molecular complexity index is 618. The fourth-order valence-corrected chi connectivity index (χ4v) is 6.29. The summed E-state index contributed by atoms with van der Waals surface area (Å²) >= 11 is 0. The minimum absolute atomic E-state index is 0.566. The molecule has 5 unspecified atom stereocenters. The lowest BCUT2D eigenvalue weighted by Crippen LogP contribution is -2.14. The fourth-order valence-electron chi connectivity index (χ4n) is 6.29. The van der Waals surface area contributed by atoms with Gasteiger partial charge in [0.05, 0.1) is 0 Å². The summed E-state index contributed by atoms with van der Waals surface area (Å²) in [4.78, 5) is 0. The minimum Gasteiger partial charge on any atom is -0.103 e. The highest BCUT2D eigenvalue weighted by Gasteiger charge is 2.24. The van der Waals surface area contributed by atoms with E-state index in [-0.39, 0.29) is 0 Å². The molecule has 0 amide bonds. The van der Waals surface area contributed by atoms with Crippen LogP contribution >= 0.6 is 0 Å². The average Bonchev–Trinajstić information content (AvgIpc) is 3.02. The lowest BCUT2D eigenvalue weighted by atomic mass is 9.80. The molecule has 0 aromatic rings. The van der Waals surface area contributed by atoms with Crippen LogP contribution in [0.5, 0.6) is 0 Å². The minimum atomic E-state index is 0.566. The van der Waals surface area contributed by atoms with Crippen molar-refractivity contribution in [3.05, 3.63) is 48.6 Å². The van der Waals surface area contributed by atoms with E-state index in [0.717, 1.165) is 36.0 Å². The SMILES string of the molecule is C=CC(C)CC(=C)CCCCC1=CCC(CC2CCCC(CC(CCC)C(C)C)CC2)C=C1. The predicted octanol–water partition coefficient (Wildman–Crippen LogP) is 10.9. The summed E-state index contributed by atoms with van der Waals surface area (Å²) < 4.78 is 0. The molecule has 5 atom stereocenters. The zero-order chi connectivity index (χ0) is 24.1. The lowest BCUT2D eigenvalue weighted by molar-refractivity contribution is 0.259. The Morgan fingerprint density at radius 2 is 1.85 bits per heavy atom. The van der Waals surface area contributed by atoms with Crippen LogP contribution in [0.25, 0.3) is 0 Å². The third kappa shape index (κ3) is 11.3. The molecule has 0 radical (unpaired) electrons. The van der Waals surface area contributed by atoms with Crippen molar-refractivity contribution in [3.63, 3.8) is 0 Å². The summed E-state index contributed by atoms with van der Waals surface area (Å²) in [5.74, 6) is 5.13. The third-order valence-electron chi connectivity index (χ3n) is 8.61. The van der Waals surface area contributed by atoms with Gasteiger partial charge in [-0.15, -0.1) is 6.58 Å². The molecule has 0 heteroatoms. The number of unbranched alkanes of at least 4 members (excludes halogenated alkanes) is 1. The summed E-state index contributed by atoms with van der Waals surface area (Å²) in [5.41, 5.74) is 2.97. The highest BCUT2D eigenvalue weighted by atomic mass is 14.3. The second kappa shape index (κ2) is 15.8. The van der Waals surface area contributed by atoms with E-state index in [1.807, 2.05) is 6.08 Å². The van der Waals surface area contributed by atoms with Crippen LogP contribution in [0, 0.1) is 35.5 Å². The Hall–Kier alpha value is -1.04. The van der Waals surface area contributed by atoms with E-state index < -0.39 is 0 Å². The predicted molar refractivity (Wildman–Crippen MR) is 149 cm³/mol. The van der Waals surface area contributed by atoms with Crippen LogP contribution < -0.4 is 0 Å². The molecule has 2 rings (SSSR count). The Balaban J connectivity index is 1.64. The molecule has 1 fully saturated rings. The number of hydrogen-bond acceptors (Lipinski definition) is 0. The first-order valence-corrected chi connectivity index (χ1v) is 14.6. The van der Waals surface area contributed by atoms with E-state index in [1.54, 1.807) is 5.57 Å². The van der Waals surface area contributed by atoms with Gasteiger partial charge >= 0.3 is 0 Å². The monoisotopic (exact) mass is 452 g/mol. The van der Waals surface area contributed by atoms with E-state index in [2.05, 4.69) is 59.1 Å². The van der Waals surface area contributed by atoms with Gasteiger partial charge in [0.1, 0.15) is 0 Å². The van der Waals surface area contributed by atoms with Gasteiger partial charge in [0.2, 0.25) is 0 Å². The molecule has 0 N–H and O–H groups in total. The van der Waals surface area contributed by atoms with Gasteiger partial charge in [-0.1, -0.05) is 115 Å². The average molecular weight is 453 g/mol.